The maximum absolute atomic E-state index is 12.5. The van der Waals surface area contributed by atoms with Crippen LogP contribution in [0.1, 0.15) is 26.5 Å². The van der Waals surface area contributed by atoms with E-state index >= 15 is 0 Å². The maximum Gasteiger partial charge on any atom is 0.433 e. The molecule has 0 amide bonds. The van der Waals surface area contributed by atoms with Gasteiger partial charge in [-0.15, -0.1) is 0 Å². The Morgan fingerprint density at radius 1 is 1.33 bits per heavy atom. The van der Waals surface area contributed by atoms with Gasteiger partial charge in [0.15, 0.2) is 0 Å². The second kappa shape index (κ2) is 5.37. The average molecular weight is 259 g/mol. The molecular weight excluding hydrogens is 243 g/mol. The normalized spacial score (nSPS) is 13.0. The van der Waals surface area contributed by atoms with Crippen LogP contribution >= 0.6 is 0 Å². The van der Waals surface area contributed by atoms with Crippen LogP contribution in [0.15, 0.2) is 23.3 Å². The van der Waals surface area contributed by atoms with Crippen molar-refractivity contribution >= 4 is 11.5 Å². The Morgan fingerprint density at radius 3 is 2.44 bits per heavy atom. The van der Waals surface area contributed by atoms with Gasteiger partial charge in [0.25, 0.3) is 0 Å². The minimum Gasteiger partial charge on any atom is -0.251 e. The zero-order valence-corrected chi connectivity index (χ0v) is 10.8. The maximum atomic E-state index is 12.5. The molecule has 0 aliphatic rings. The van der Waals surface area contributed by atoms with E-state index in [9.17, 15) is 13.2 Å². The third-order valence-corrected chi connectivity index (χ3v) is 2.50. The van der Waals surface area contributed by atoms with Crippen molar-refractivity contribution in [1.82, 2.24) is 4.98 Å². The number of halogens is 3. The highest BCUT2D eigenvalue weighted by atomic mass is 19.4. The van der Waals surface area contributed by atoms with E-state index in [1.807, 2.05) is 20.8 Å². The van der Waals surface area contributed by atoms with Crippen LogP contribution in [0.25, 0.3) is 0 Å². The first kappa shape index (κ1) is 14.5. The fourth-order valence-corrected chi connectivity index (χ4v) is 1.16. The van der Waals surface area contributed by atoms with Crippen molar-refractivity contribution in [2.45, 2.75) is 26.9 Å². The Hall–Kier alpha value is -1.59. The van der Waals surface area contributed by atoms with Crippen LogP contribution in [0, 0.1) is 5.92 Å². The van der Waals surface area contributed by atoms with Crippen molar-refractivity contribution < 1.29 is 13.2 Å². The molecule has 3 nitrogen and oxygen atoms in total. The third-order valence-electron chi connectivity index (χ3n) is 2.50. The second-order valence-electron chi connectivity index (χ2n) is 4.30. The molecule has 0 saturated heterocycles. The van der Waals surface area contributed by atoms with Gasteiger partial charge in [-0.05, 0) is 25.0 Å². The number of aromatic nitrogens is 1. The van der Waals surface area contributed by atoms with Crippen LogP contribution in [0.5, 0.6) is 0 Å². The lowest BCUT2D eigenvalue weighted by Gasteiger charge is -2.16. The summed E-state index contributed by atoms with van der Waals surface area (Å²) in [6.07, 6.45) is -4.44. The van der Waals surface area contributed by atoms with Gasteiger partial charge in [-0.2, -0.15) is 18.3 Å². The predicted molar refractivity (Wildman–Crippen MR) is 65.6 cm³/mol. The molecule has 0 fully saturated rings. The summed E-state index contributed by atoms with van der Waals surface area (Å²) in [6, 6.07) is 3.75. The lowest BCUT2D eigenvalue weighted by atomic mass is 10.1. The molecule has 0 bridgehead atoms. The predicted octanol–water partition coefficient (Wildman–Crippen LogP) is 3.57. The topological polar surface area (TPSA) is 28.5 Å². The first-order valence-corrected chi connectivity index (χ1v) is 5.55. The van der Waals surface area contributed by atoms with E-state index in [4.69, 9.17) is 0 Å². The molecule has 0 radical (unpaired) electrons. The van der Waals surface area contributed by atoms with E-state index in [0.717, 1.165) is 11.8 Å². The van der Waals surface area contributed by atoms with E-state index in [2.05, 4.69) is 10.1 Å². The number of nitrogens with zero attached hydrogens (tertiary/aromatic N) is 3. The van der Waals surface area contributed by atoms with Gasteiger partial charge in [-0.1, -0.05) is 19.9 Å². The molecule has 0 aromatic carbocycles. The van der Waals surface area contributed by atoms with Gasteiger partial charge in [0.2, 0.25) is 0 Å². The van der Waals surface area contributed by atoms with Crippen molar-refractivity contribution in [2.75, 3.05) is 12.1 Å². The second-order valence-corrected chi connectivity index (χ2v) is 4.30. The van der Waals surface area contributed by atoms with Gasteiger partial charge in [0.1, 0.15) is 11.5 Å². The van der Waals surface area contributed by atoms with Crippen LogP contribution in [0.2, 0.25) is 0 Å². The fourth-order valence-electron chi connectivity index (χ4n) is 1.16. The molecule has 6 heteroatoms. The van der Waals surface area contributed by atoms with E-state index in [0.29, 0.717) is 0 Å². The first-order chi connectivity index (χ1) is 8.21. The highest BCUT2D eigenvalue weighted by Gasteiger charge is 2.32. The minimum absolute atomic E-state index is 0.171. The van der Waals surface area contributed by atoms with E-state index in [-0.39, 0.29) is 11.7 Å². The van der Waals surface area contributed by atoms with E-state index < -0.39 is 11.9 Å². The van der Waals surface area contributed by atoms with Gasteiger partial charge in [0.05, 0.1) is 0 Å². The van der Waals surface area contributed by atoms with Crippen LogP contribution in [0.3, 0.4) is 0 Å². The summed E-state index contributed by atoms with van der Waals surface area (Å²) >= 11 is 0. The van der Waals surface area contributed by atoms with Crippen LogP contribution in [-0.4, -0.2) is 17.7 Å². The molecule has 0 saturated carbocycles. The zero-order chi connectivity index (χ0) is 13.9. The van der Waals surface area contributed by atoms with Gasteiger partial charge in [-0.3, -0.25) is 5.01 Å². The number of pyridine rings is 1. The van der Waals surface area contributed by atoms with Crippen LogP contribution in [0.4, 0.5) is 19.0 Å². The number of anilines is 1. The molecule has 0 spiro atoms. The first-order valence-electron chi connectivity index (χ1n) is 5.55. The Labute approximate surface area is 104 Å². The Kier molecular flexibility index (Phi) is 4.32. The van der Waals surface area contributed by atoms with Gasteiger partial charge in [-0.25, -0.2) is 4.98 Å². The molecule has 0 atom stereocenters. The molecule has 0 N–H and O–H groups in total. The van der Waals surface area contributed by atoms with Crippen molar-refractivity contribution in [1.29, 1.82) is 0 Å². The van der Waals surface area contributed by atoms with Gasteiger partial charge in [0, 0.05) is 12.8 Å². The Balaban J connectivity index is 3.01. The zero-order valence-electron chi connectivity index (χ0n) is 10.8. The standard InChI is InChI=1S/C12H16F3N3/c1-8(2)9(3)17-18(4)11-7-5-6-10(16-11)12(13,14)15/h5-8H,1-4H3. The average Bonchev–Trinajstić information content (AvgIpc) is 2.27. The number of hydrogen-bond donors (Lipinski definition) is 0. The Bertz CT molecular complexity index is 438. The summed E-state index contributed by atoms with van der Waals surface area (Å²) in [6.45, 7) is 5.76. The smallest absolute Gasteiger partial charge is 0.251 e. The lowest BCUT2D eigenvalue weighted by molar-refractivity contribution is -0.141. The molecule has 1 rings (SSSR count). The number of hydrazone groups is 1. The monoisotopic (exact) mass is 259 g/mol. The van der Waals surface area contributed by atoms with Crippen LogP contribution in [-0.2, 0) is 6.18 Å². The van der Waals surface area contributed by atoms with Crippen molar-refractivity contribution in [3.05, 3.63) is 23.9 Å². The number of alkyl halides is 3. The van der Waals surface area contributed by atoms with E-state index in [1.165, 1.54) is 17.1 Å². The summed E-state index contributed by atoms with van der Waals surface area (Å²) in [4.78, 5) is 3.55. The lowest BCUT2D eigenvalue weighted by Crippen LogP contribution is -2.17. The molecular formula is C12H16F3N3. The number of rotatable bonds is 3. The SMILES string of the molecule is CC(=NN(C)c1cccc(C(F)(F)F)n1)C(C)C. The van der Waals surface area contributed by atoms with Crippen molar-refractivity contribution in [3.8, 4) is 0 Å². The molecule has 0 unspecified atom stereocenters. The summed E-state index contributed by atoms with van der Waals surface area (Å²) < 4.78 is 37.5. The molecule has 1 aromatic heterocycles. The molecule has 0 aliphatic carbocycles. The summed E-state index contributed by atoms with van der Waals surface area (Å²) in [5, 5.41) is 5.54. The fraction of sp³-hybridized carbons (Fsp3) is 0.500. The van der Waals surface area contributed by atoms with Crippen LogP contribution < -0.4 is 5.01 Å². The summed E-state index contributed by atoms with van der Waals surface area (Å²) in [7, 11) is 1.58. The summed E-state index contributed by atoms with van der Waals surface area (Å²) in [5.74, 6) is 0.406. The molecule has 100 valence electrons. The largest absolute Gasteiger partial charge is 0.433 e. The quantitative estimate of drug-likeness (QED) is 0.613. The van der Waals surface area contributed by atoms with Crippen molar-refractivity contribution in [3.63, 3.8) is 0 Å². The Morgan fingerprint density at radius 2 is 1.94 bits per heavy atom. The highest BCUT2D eigenvalue weighted by Crippen LogP contribution is 2.28. The molecule has 1 aromatic rings. The summed E-state index contributed by atoms with van der Waals surface area (Å²) in [5.41, 5.74) is -0.0824. The molecule has 0 aliphatic heterocycles. The molecule has 1 heterocycles. The van der Waals surface area contributed by atoms with E-state index in [1.54, 1.807) is 7.05 Å². The third kappa shape index (κ3) is 3.72. The highest BCUT2D eigenvalue weighted by molar-refractivity contribution is 5.84. The van der Waals surface area contributed by atoms with Crippen molar-refractivity contribution in [2.24, 2.45) is 11.0 Å². The van der Waals surface area contributed by atoms with Gasteiger partial charge < -0.3 is 0 Å². The minimum atomic E-state index is -4.44. The molecule has 18 heavy (non-hydrogen) atoms. The van der Waals surface area contributed by atoms with Gasteiger partial charge >= 0.3 is 6.18 Å². The number of hydrogen-bond acceptors (Lipinski definition) is 3.